The molecular weight excluding hydrogens is 336 g/mol. The molecule has 0 spiro atoms. The predicted molar refractivity (Wildman–Crippen MR) is 90.5 cm³/mol. The smallest absolute Gasteiger partial charge is 0.343 e. The van der Waals surface area contributed by atoms with Crippen LogP contribution in [-0.4, -0.2) is 29.6 Å². The minimum Gasteiger partial charge on any atom is -0.503 e. The van der Waals surface area contributed by atoms with Crippen molar-refractivity contribution in [1.29, 1.82) is 0 Å². The van der Waals surface area contributed by atoms with Gasteiger partial charge in [0.05, 0.1) is 31.9 Å². The second-order valence-electron chi connectivity index (χ2n) is 4.67. The summed E-state index contributed by atoms with van der Waals surface area (Å²) in [6.45, 7) is 0. The number of halogens is 1. The van der Waals surface area contributed by atoms with Crippen LogP contribution >= 0.6 is 22.9 Å². The van der Waals surface area contributed by atoms with Crippen LogP contribution in [0.5, 0.6) is 0 Å². The molecule has 0 saturated carbocycles. The van der Waals surface area contributed by atoms with Gasteiger partial charge in [-0.1, -0.05) is 23.7 Å². The Hall–Kier alpha value is -2.31. The van der Waals surface area contributed by atoms with Gasteiger partial charge in [-0.3, -0.25) is 4.40 Å². The van der Waals surface area contributed by atoms with E-state index in [2.05, 4.69) is 4.98 Å². The van der Waals surface area contributed by atoms with Crippen molar-refractivity contribution < 1.29 is 14.3 Å². The number of hydrogen-bond donors (Lipinski definition) is 0. The lowest BCUT2D eigenvalue weighted by Gasteiger charge is -2.03. The van der Waals surface area contributed by atoms with Crippen LogP contribution < -0.4 is 0 Å². The average molecular weight is 349 g/mol. The highest BCUT2D eigenvalue weighted by Gasteiger charge is 2.19. The zero-order valence-corrected chi connectivity index (χ0v) is 14.0. The van der Waals surface area contributed by atoms with Crippen molar-refractivity contribution in [3.63, 3.8) is 0 Å². The third kappa shape index (κ3) is 2.95. The topological polar surface area (TPSA) is 52.8 Å². The molecule has 0 aliphatic heterocycles. The first-order chi connectivity index (χ1) is 11.1. The van der Waals surface area contributed by atoms with Crippen molar-refractivity contribution in [3.8, 4) is 11.3 Å². The van der Waals surface area contributed by atoms with Crippen LogP contribution in [0.3, 0.4) is 0 Å². The summed E-state index contributed by atoms with van der Waals surface area (Å²) >= 11 is 7.35. The fourth-order valence-electron chi connectivity index (χ4n) is 2.18. The van der Waals surface area contributed by atoms with E-state index in [9.17, 15) is 4.79 Å². The average Bonchev–Trinajstić information content (AvgIpc) is 3.13. The van der Waals surface area contributed by atoms with E-state index in [0.29, 0.717) is 16.3 Å². The summed E-state index contributed by atoms with van der Waals surface area (Å²) in [4.78, 5) is 17.3. The van der Waals surface area contributed by atoms with Gasteiger partial charge >= 0.3 is 5.97 Å². The second kappa shape index (κ2) is 6.44. The second-order valence-corrected chi connectivity index (χ2v) is 5.94. The van der Waals surface area contributed by atoms with Gasteiger partial charge in [0, 0.05) is 22.2 Å². The first kappa shape index (κ1) is 15.6. The van der Waals surface area contributed by atoms with Crippen molar-refractivity contribution in [2.45, 2.75) is 0 Å². The van der Waals surface area contributed by atoms with E-state index in [-0.39, 0.29) is 0 Å². The quantitative estimate of drug-likeness (QED) is 0.408. The molecule has 2 aromatic heterocycles. The van der Waals surface area contributed by atoms with Crippen LogP contribution in [0.25, 0.3) is 21.8 Å². The Balaban J connectivity index is 2.08. The molecule has 3 aromatic rings. The number of esters is 1. The van der Waals surface area contributed by atoms with Crippen LogP contribution in [0.2, 0.25) is 5.02 Å². The summed E-state index contributed by atoms with van der Waals surface area (Å²) in [6, 6.07) is 7.44. The minimum absolute atomic E-state index is 0.335. The van der Waals surface area contributed by atoms with E-state index >= 15 is 0 Å². The monoisotopic (exact) mass is 348 g/mol. The van der Waals surface area contributed by atoms with Gasteiger partial charge in [0.2, 0.25) is 0 Å². The standard InChI is InChI=1S/C16H13ClN2O3S/c1-21-8-12(15(20)22-2)14-9-23-16-18-13(7-19(14)16)10-3-5-11(17)6-4-10/h3-9H,1-2H3/b12-8-. The van der Waals surface area contributed by atoms with Gasteiger partial charge in [-0.15, -0.1) is 11.3 Å². The Kier molecular flexibility index (Phi) is 4.36. The van der Waals surface area contributed by atoms with Gasteiger partial charge in [-0.25, -0.2) is 9.78 Å². The minimum atomic E-state index is -0.465. The number of carbonyl (C=O) groups excluding carboxylic acids is 1. The molecule has 23 heavy (non-hydrogen) atoms. The normalized spacial score (nSPS) is 11.7. The lowest BCUT2D eigenvalue weighted by atomic mass is 10.2. The molecule has 7 heteroatoms. The van der Waals surface area contributed by atoms with Gasteiger partial charge in [0.15, 0.2) is 4.96 Å². The lowest BCUT2D eigenvalue weighted by molar-refractivity contribution is -0.133. The highest BCUT2D eigenvalue weighted by atomic mass is 35.5. The maximum atomic E-state index is 11.9. The highest BCUT2D eigenvalue weighted by molar-refractivity contribution is 7.15. The van der Waals surface area contributed by atoms with Crippen molar-refractivity contribution >= 4 is 39.4 Å². The number of aromatic nitrogens is 2. The third-order valence-corrected chi connectivity index (χ3v) is 4.36. The molecule has 0 radical (unpaired) electrons. The van der Waals surface area contributed by atoms with Crippen LogP contribution in [0.1, 0.15) is 5.69 Å². The van der Waals surface area contributed by atoms with E-state index in [1.165, 1.54) is 31.8 Å². The number of benzene rings is 1. The zero-order valence-electron chi connectivity index (χ0n) is 12.4. The molecule has 3 rings (SSSR count). The van der Waals surface area contributed by atoms with E-state index in [1.54, 1.807) is 0 Å². The molecule has 118 valence electrons. The number of thiazole rings is 1. The van der Waals surface area contributed by atoms with Gasteiger partial charge in [-0.2, -0.15) is 0 Å². The number of methoxy groups -OCH3 is 2. The summed E-state index contributed by atoms with van der Waals surface area (Å²) in [5.74, 6) is -0.465. The molecule has 0 fully saturated rings. The van der Waals surface area contributed by atoms with Crippen LogP contribution in [0.4, 0.5) is 0 Å². The van der Waals surface area contributed by atoms with Crippen LogP contribution in [-0.2, 0) is 14.3 Å². The first-order valence-electron chi connectivity index (χ1n) is 6.68. The Labute approximate surface area is 141 Å². The molecular formula is C16H13ClN2O3S. The number of rotatable bonds is 4. The molecule has 0 unspecified atom stereocenters. The van der Waals surface area contributed by atoms with Crippen molar-refractivity contribution in [2.75, 3.05) is 14.2 Å². The molecule has 0 saturated heterocycles. The Morgan fingerprint density at radius 2 is 2.04 bits per heavy atom. The molecule has 2 heterocycles. The van der Waals surface area contributed by atoms with Gasteiger partial charge in [0.25, 0.3) is 0 Å². The number of imidazole rings is 1. The fraction of sp³-hybridized carbons (Fsp3) is 0.125. The molecule has 0 aliphatic carbocycles. The molecule has 0 amide bonds. The zero-order chi connectivity index (χ0) is 16.4. The van der Waals surface area contributed by atoms with Gasteiger partial charge in [-0.05, 0) is 12.1 Å². The van der Waals surface area contributed by atoms with Crippen molar-refractivity contribution in [2.24, 2.45) is 0 Å². The molecule has 0 bridgehead atoms. The highest BCUT2D eigenvalue weighted by Crippen LogP contribution is 2.28. The molecule has 0 N–H and O–H groups in total. The number of nitrogens with zero attached hydrogens (tertiary/aromatic N) is 2. The van der Waals surface area contributed by atoms with Crippen molar-refractivity contribution in [3.05, 3.63) is 52.8 Å². The van der Waals surface area contributed by atoms with Gasteiger partial charge < -0.3 is 9.47 Å². The Bertz CT molecular complexity index is 881. The fourth-order valence-corrected chi connectivity index (χ4v) is 3.18. The molecule has 0 atom stereocenters. The summed E-state index contributed by atoms with van der Waals surface area (Å²) in [7, 11) is 2.82. The summed E-state index contributed by atoms with van der Waals surface area (Å²) < 4.78 is 11.7. The number of fused-ring (bicyclic) bond motifs is 1. The maximum Gasteiger partial charge on any atom is 0.343 e. The first-order valence-corrected chi connectivity index (χ1v) is 7.94. The Morgan fingerprint density at radius 1 is 1.30 bits per heavy atom. The van der Waals surface area contributed by atoms with Crippen LogP contribution in [0.15, 0.2) is 42.1 Å². The molecule has 5 nitrogen and oxygen atoms in total. The van der Waals surface area contributed by atoms with E-state index in [1.807, 2.05) is 40.2 Å². The molecule has 1 aromatic carbocycles. The Morgan fingerprint density at radius 3 is 2.70 bits per heavy atom. The van der Waals surface area contributed by atoms with Crippen LogP contribution in [0, 0.1) is 0 Å². The predicted octanol–water partition coefficient (Wildman–Crippen LogP) is 3.88. The number of hydrogen-bond acceptors (Lipinski definition) is 5. The summed E-state index contributed by atoms with van der Waals surface area (Å²) in [5, 5.41) is 2.52. The van der Waals surface area contributed by atoms with E-state index in [0.717, 1.165) is 16.2 Å². The van der Waals surface area contributed by atoms with Gasteiger partial charge in [0.1, 0.15) is 5.57 Å². The van der Waals surface area contributed by atoms with E-state index in [4.69, 9.17) is 21.1 Å². The SMILES string of the molecule is CO/C=C(\C(=O)OC)c1csc2nc(-c3ccc(Cl)cc3)cn12. The summed E-state index contributed by atoms with van der Waals surface area (Å²) in [6.07, 6.45) is 3.24. The largest absolute Gasteiger partial charge is 0.503 e. The maximum absolute atomic E-state index is 11.9. The van der Waals surface area contributed by atoms with Crippen molar-refractivity contribution in [1.82, 2.24) is 9.38 Å². The molecule has 0 aliphatic rings. The number of ether oxygens (including phenoxy) is 2. The summed E-state index contributed by atoms with van der Waals surface area (Å²) in [5.41, 5.74) is 2.76. The van der Waals surface area contributed by atoms with E-state index < -0.39 is 5.97 Å². The lowest BCUT2D eigenvalue weighted by Crippen LogP contribution is -2.06. The number of carbonyl (C=O) groups is 1. The third-order valence-electron chi connectivity index (χ3n) is 3.27.